The van der Waals surface area contributed by atoms with E-state index >= 15 is 0 Å². The van der Waals surface area contributed by atoms with Gasteiger partial charge < -0.3 is 14.8 Å². The summed E-state index contributed by atoms with van der Waals surface area (Å²) in [5, 5.41) is 13.6. The van der Waals surface area contributed by atoms with E-state index in [0.717, 1.165) is 11.6 Å². The third kappa shape index (κ3) is 3.94. The lowest BCUT2D eigenvalue weighted by molar-refractivity contribution is -0.384. The summed E-state index contributed by atoms with van der Waals surface area (Å²) in [6.45, 7) is 0.207. The van der Waals surface area contributed by atoms with Crippen molar-refractivity contribution in [2.24, 2.45) is 0 Å². The fourth-order valence-electron chi connectivity index (χ4n) is 2.07. The van der Waals surface area contributed by atoms with Crippen LogP contribution in [0, 0.1) is 10.1 Å². The number of nitro groups is 1. The van der Waals surface area contributed by atoms with Gasteiger partial charge in [-0.3, -0.25) is 14.9 Å². The first kappa shape index (κ1) is 17.6. The van der Waals surface area contributed by atoms with E-state index in [1.54, 1.807) is 18.2 Å². The van der Waals surface area contributed by atoms with Crippen LogP contribution in [-0.2, 0) is 6.54 Å². The molecule has 0 unspecified atom stereocenters. The zero-order valence-corrected chi connectivity index (χ0v) is 13.8. The third-order valence-electron chi connectivity index (χ3n) is 3.31. The molecule has 0 aromatic heterocycles. The number of halogens is 1. The molecule has 24 heavy (non-hydrogen) atoms. The van der Waals surface area contributed by atoms with E-state index < -0.39 is 10.8 Å². The molecule has 0 radical (unpaired) electrons. The summed E-state index contributed by atoms with van der Waals surface area (Å²) in [5.41, 5.74) is 0.629. The van der Waals surface area contributed by atoms with Gasteiger partial charge in [0.15, 0.2) is 11.5 Å². The number of amides is 1. The first-order valence-corrected chi connectivity index (χ1v) is 7.27. The van der Waals surface area contributed by atoms with E-state index in [2.05, 4.69) is 5.32 Å². The molecule has 0 bridgehead atoms. The molecule has 0 saturated heterocycles. The zero-order valence-electron chi connectivity index (χ0n) is 13.0. The number of non-ortho nitro benzene ring substituents is 1. The quantitative estimate of drug-likeness (QED) is 0.638. The van der Waals surface area contributed by atoms with Crippen LogP contribution in [0.3, 0.4) is 0 Å². The third-order valence-corrected chi connectivity index (χ3v) is 3.64. The molecule has 2 rings (SSSR count). The van der Waals surface area contributed by atoms with Gasteiger partial charge in [0.2, 0.25) is 0 Å². The standard InChI is InChI=1S/C16H15ClN2O5/c1-23-14-6-3-10(7-15(14)24-2)9-18-16(20)12-8-11(19(21)22)4-5-13(12)17/h3-8H,9H2,1-2H3,(H,18,20). The molecule has 0 heterocycles. The minimum Gasteiger partial charge on any atom is -0.493 e. The highest BCUT2D eigenvalue weighted by molar-refractivity contribution is 6.33. The second-order valence-electron chi connectivity index (χ2n) is 4.79. The molecule has 0 aliphatic carbocycles. The van der Waals surface area contributed by atoms with Crippen LogP contribution in [-0.4, -0.2) is 25.1 Å². The fourth-order valence-corrected chi connectivity index (χ4v) is 2.27. The highest BCUT2D eigenvalue weighted by Crippen LogP contribution is 2.27. The van der Waals surface area contributed by atoms with Gasteiger partial charge in [0.25, 0.3) is 11.6 Å². The van der Waals surface area contributed by atoms with Gasteiger partial charge in [-0.2, -0.15) is 0 Å². The minimum atomic E-state index is -0.582. The van der Waals surface area contributed by atoms with Gasteiger partial charge in [-0.1, -0.05) is 17.7 Å². The van der Waals surface area contributed by atoms with Crippen LogP contribution in [0.4, 0.5) is 5.69 Å². The van der Waals surface area contributed by atoms with E-state index in [1.165, 1.54) is 26.4 Å². The van der Waals surface area contributed by atoms with E-state index in [9.17, 15) is 14.9 Å². The molecule has 1 N–H and O–H groups in total. The number of nitrogens with one attached hydrogen (secondary N) is 1. The average Bonchev–Trinajstić information content (AvgIpc) is 2.59. The number of hydrogen-bond acceptors (Lipinski definition) is 5. The van der Waals surface area contributed by atoms with Crippen LogP contribution in [0.2, 0.25) is 5.02 Å². The van der Waals surface area contributed by atoms with Crippen molar-refractivity contribution in [2.45, 2.75) is 6.54 Å². The Kier molecular flexibility index (Phi) is 5.59. The van der Waals surface area contributed by atoms with Gasteiger partial charge in [-0.05, 0) is 23.8 Å². The van der Waals surface area contributed by atoms with E-state index in [4.69, 9.17) is 21.1 Å². The van der Waals surface area contributed by atoms with Gasteiger partial charge >= 0.3 is 0 Å². The van der Waals surface area contributed by atoms with Crippen LogP contribution in [0.25, 0.3) is 0 Å². The number of carbonyl (C=O) groups is 1. The van der Waals surface area contributed by atoms with Crippen molar-refractivity contribution >= 4 is 23.2 Å². The maximum atomic E-state index is 12.2. The van der Waals surface area contributed by atoms with Crippen molar-refractivity contribution in [2.75, 3.05) is 14.2 Å². The number of carbonyl (C=O) groups excluding carboxylic acids is 1. The lowest BCUT2D eigenvalue weighted by Crippen LogP contribution is -2.23. The van der Waals surface area contributed by atoms with Gasteiger partial charge in [0.05, 0.1) is 29.7 Å². The molecule has 0 spiro atoms. The first-order valence-electron chi connectivity index (χ1n) is 6.89. The van der Waals surface area contributed by atoms with E-state index in [0.29, 0.717) is 11.5 Å². The summed E-state index contributed by atoms with van der Waals surface area (Å²) in [6, 6.07) is 8.94. The average molecular weight is 351 g/mol. The van der Waals surface area contributed by atoms with Crippen LogP contribution >= 0.6 is 11.6 Å². The van der Waals surface area contributed by atoms with Crippen LogP contribution in [0.5, 0.6) is 11.5 Å². The highest BCUT2D eigenvalue weighted by Gasteiger charge is 2.16. The maximum Gasteiger partial charge on any atom is 0.270 e. The van der Waals surface area contributed by atoms with Crippen LogP contribution < -0.4 is 14.8 Å². The van der Waals surface area contributed by atoms with E-state index in [1.807, 2.05) is 0 Å². The molecule has 7 nitrogen and oxygen atoms in total. The van der Waals surface area contributed by atoms with Gasteiger partial charge in [-0.25, -0.2) is 0 Å². The highest BCUT2D eigenvalue weighted by atomic mass is 35.5. The lowest BCUT2D eigenvalue weighted by atomic mass is 10.1. The fraction of sp³-hybridized carbons (Fsp3) is 0.188. The van der Waals surface area contributed by atoms with Gasteiger partial charge in [0.1, 0.15) is 0 Å². The second kappa shape index (κ2) is 7.65. The summed E-state index contributed by atoms with van der Waals surface area (Å²) in [4.78, 5) is 22.4. The number of methoxy groups -OCH3 is 2. The van der Waals surface area contributed by atoms with Crippen molar-refractivity contribution in [3.63, 3.8) is 0 Å². The Bertz CT molecular complexity index is 779. The Morgan fingerprint density at radius 1 is 1.17 bits per heavy atom. The number of nitrogens with zero attached hydrogens (tertiary/aromatic N) is 1. The SMILES string of the molecule is COc1ccc(CNC(=O)c2cc([N+](=O)[O-])ccc2Cl)cc1OC. The van der Waals surface area contributed by atoms with Crippen molar-refractivity contribution in [1.82, 2.24) is 5.32 Å². The minimum absolute atomic E-state index is 0.0475. The Hall–Kier alpha value is -2.80. The number of benzene rings is 2. The molecule has 2 aromatic carbocycles. The predicted molar refractivity (Wildman–Crippen MR) is 88.8 cm³/mol. The predicted octanol–water partition coefficient (Wildman–Crippen LogP) is 3.20. The normalized spacial score (nSPS) is 10.1. The van der Waals surface area contributed by atoms with Crippen molar-refractivity contribution < 1.29 is 19.2 Å². The molecular formula is C16H15ClN2O5. The van der Waals surface area contributed by atoms with Crippen molar-refractivity contribution in [1.29, 1.82) is 0 Å². The first-order chi connectivity index (χ1) is 11.5. The largest absolute Gasteiger partial charge is 0.493 e. The Balaban J connectivity index is 2.13. The number of rotatable bonds is 6. The smallest absolute Gasteiger partial charge is 0.270 e. The zero-order chi connectivity index (χ0) is 17.7. The summed E-state index contributed by atoms with van der Waals surface area (Å²) in [6.07, 6.45) is 0. The summed E-state index contributed by atoms with van der Waals surface area (Å²) in [7, 11) is 3.05. The topological polar surface area (TPSA) is 90.7 Å². The molecule has 0 atom stereocenters. The Morgan fingerprint density at radius 3 is 2.50 bits per heavy atom. The van der Waals surface area contributed by atoms with E-state index in [-0.39, 0.29) is 22.8 Å². The van der Waals surface area contributed by atoms with Crippen molar-refractivity contribution in [3.8, 4) is 11.5 Å². The molecule has 0 aliphatic rings. The molecule has 0 saturated carbocycles. The molecular weight excluding hydrogens is 336 g/mol. The van der Waals surface area contributed by atoms with Crippen LogP contribution in [0.1, 0.15) is 15.9 Å². The summed E-state index contributed by atoms with van der Waals surface area (Å²) in [5.74, 6) is 0.616. The Morgan fingerprint density at radius 2 is 1.88 bits per heavy atom. The van der Waals surface area contributed by atoms with Gasteiger partial charge in [0, 0.05) is 18.7 Å². The maximum absolute atomic E-state index is 12.2. The molecule has 8 heteroatoms. The lowest BCUT2D eigenvalue weighted by Gasteiger charge is -2.11. The van der Waals surface area contributed by atoms with Crippen LogP contribution in [0.15, 0.2) is 36.4 Å². The monoisotopic (exact) mass is 350 g/mol. The molecule has 2 aromatic rings. The molecule has 0 fully saturated rings. The Labute approximate surface area is 143 Å². The number of ether oxygens (including phenoxy) is 2. The molecule has 0 aliphatic heterocycles. The number of hydrogen-bond donors (Lipinski definition) is 1. The summed E-state index contributed by atoms with van der Waals surface area (Å²) >= 11 is 5.94. The van der Waals surface area contributed by atoms with Gasteiger partial charge in [-0.15, -0.1) is 0 Å². The molecule has 126 valence electrons. The second-order valence-corrected chi connectivity index (χ2v) is 5.20. The van der Waals surface area contributed by atoms with Crippen molar-refractivity contribution in [3.05, 3.63) is 62.7 Å². The molecule has 1 amide bonds. The summed E-state index contributed by atoms with van der Waals surface area (Å²) < 4.78 is 10.3. The number of nitro benzene ring substituents is 1.